The van der Waals surface area contributed by atoms with Crippen molar-refractivity contribution in [1.29, 1.82) is 0 Å². The van der Waals surface area contributed by atoms with Crippen LogP contribution in [-0.4, -0.2) is 31.6 Å². The van der Waals surface area contributed by atoms with E-state index in [4.69, 9.17) is 14.2 Å². The third-order valence-electron chi connectivity index (χ3n) is 6.64. The lowest BCUT2D eigenvalue weighted by Crippen LogP contribution is -2.36. The highest BCUT2D eigenvalue weighted by Gasteiger charge is 2.41. The van der Waals surface area contributed by atoms with E-state index in [9.17, 15) is 9.59 Å². The second-order valence-corrected chi connectivity index (χ2v) is 9.64. The number of ketones is 1. The number of hydrogen-bond donors (Lipinski definition) is 1. The van der Waals surface area contributed by atoms with Gasteiger partial charge in [0.2, 0.25) is 0 Å². The number of ether oxygens (including phenoxy) is 3. The molecule has 0 amide bonds. The van der Waals surface area contributed by atoms with E-state index in [0.29, 0.717) is 47.8 Å². The lowest BCUT2D eigenvalue weighted by atomic mass is 9.71. The second-order valence-electron chi connectivity index (χ2n) is 9.64. The molecule has 6 heteroatoms. The van der Waals surface area contributed by atoms with Gasteiger partial charge in [-0.3, -0.25) is 4.79 Å². The van der Waals surface area contributed by atoms with Gasteiger partial charge in [0.25, 0.3) is 0 Å². The van der Waals surface area contributed by atoms with Crippen LogP contribution in [0.15, 0.2) is 71.1 Å². The molecule has 2 aromatic carbocycles. The van der Waals surface area contributed by atoms with Crippen LogP contribution >= 0.6 is 0 Å². The van der Waals surface area contributed by atoms with Crippen molar-refractivity contribution in [3.63, 3.8) is 0 Å². The maximum Gasteiger partial charge on any atom is 0.337 e. The molecule has 1 aliphatic carbocycles. The first-order valence-electron chi connectivity index (χ1n) is 12.6. The van der Waals surface area contributed by atoms with Gasteiger partial charge in [0.05, 0.1) is 25.4 Å². The molecule has 190 valence electrons. The smallest absolute Gasteiger partial charge is 0.337 e. The van der Waals surface area contributed by atoms with E-state index in [-0.39, 0.29) is 17.8 Å². The van der Waals surface area contributed by atoms with E-state index in [1.165, 1.54) is 0 Å². The van der Waals surface area contributed by atoms with Crippen LogP contribution in [0.1, 0.15) is 69.9 Å². The molecule has 0 bridgehead atoms. The third kappa shape index (κ3) is 5.18. The number of rotatable bonds is 8. The molecule has 0 saturated heterocycles. The Morgan fingerprint density at radius 2 is 1.81 bits per heavy atom. The Labute approximate surface area is 213 Å². The van der Waals surface area contributed by atoms with Gasteiger partial charge in [-0.1, -0.05) is 43.3 Å². The van der Waals surface area contributed by atoms with Crippen LogP contribution < -0.4 is 14.8 Å². The van der Waals surface area contributed by atoms with Crippen molar-refractivity contribution in [2.24, 2.45) is 0 Å². The largest absolute Gasteiger partial charge is 0.493 e. The highest BCUT2D eigenvalue weighted by Crippen LogP contribution is 2.47. The molecule has 2 atom stereocenters. The number of esters is 1. The molecule has 1 heterocycles. The molecule has 0 aromatic heterocycles. The highest BCUT2D eigenvalue weighted by molar-refractivity contribution is 6.04. The van der Waals surface area contributed by atoms with Crippen LogP contribution in [0.5, 0.6) is 11.5 Å². The number of Topliss-reactive ketones (excluding diaryl/α,β-unsaturated/α-hetero) is 1. The monoisotopic (exact) mass is 489 g/mol. The zero-order valence-corrected chi connectivity index (χ0v) is 21.7. The average Bonchev–Trinajstić information content (AvgIpc) is 2.86. The summed E-state index contributed by atoms with van der Waals surface area (Å²) in [6.45, 7) is 8.14. The van der Waals surface area contributed by atoms with Gasteiger partial charge in [-0.2, -0.15) is 0 Å². The van der Waals surface area contributed by atoms with E-state index >= 15 is 0 Å². The van der Waals surface area contributed by atoms with Gasteiger partial charge in [-0.15, -0.1) is 0 Å². The fraction of sp³-hybridized carbons (Fsp3) is 0.400. The Kier molecular flexibility index (Phi) is 7.82. The summed E-state index contributed by atoms with van der Waals surface area (Å²) < 4.78 is 17.1. The highest BCUT2D eigenvalue weighted by atomic mass is 16.5. The van der Waals surface area contributed by atoms with E-state index in [1.54, 1.807) is 7.11 Å². The van der Waals surface area contributed by atoms with Crippen molar-refractivity contribution in [1.82, 2.24) is 5.32 Å². The second kappa shape index (κ2) is 11.0. The van der Waals surface area contributed by atoms with Crippen LogP contribution in [0.4, 0.5) is 0 Å². The van der Waals surface area contributed by atoms with Gasteiger partial charge >= 0.3 is 5.97 Å². The summed E-state index contributed by atoms with van der Waals surface area (Å²) in [6, 6.07) is 15.8. The summed E-state index contributed by atoms with van der Waals surface area (Å²) in [4.78, 5) is 27.0. The predicted octanol–water partition coefficient (Wildman–Crippen LogP) is 5.80. The molecule has 0 unspecified atom stereocenters. The lowest BCUT2D eigenvalue weighted by Gasteiger charge is -2.37. The molecule has 0 spiro atoms. The molecule has 0 saturated carbocycles. The van der Waals surface area contributed by atoms with Gasteiger partial charge < -0.3 is 19.5 Å². The minimum Gasteiger partial charge on any atom is -0.493 e. The van der Waals surface area contributed by atoms with E-state index in [2.05, 4.69) is 17.4 Å². The first-order valence-corrected chi connectivity index (χ1v) is 12.6. The number of hydrogen-bond acceptors (Lipinski definition) is 6. The summed E-state index contributed by atoms with van der Waals surface area (Å²) in [5.74, 6) is 0.358. The van der Waals surface area contributed by atoms with Crippen LogP contribution in [0, 0.1) is 0 Å². The molecule has 2 aromatic rings. The summed E-state index contributed by atoms with van der Waals surface area (Å²) in [5, 5.41) is 3.40. The number of allylic oxidation sites excluding steroid dienone is 3. The van der Waals surface area contributed by atoms with E-state index in [1.807, 2.05) is 64.1 Å². The van der Waals surface area contributed by atoms with Crippen LogP contribution in [0.2, 0.25) is 0 Å². The Morgan fingerprint density at radius 3 is 2.47 bits per heavy atom. The maximum absolute atomic E-state index is 13.7. The van der Waals surface area contributed by atoms with Crippen molar-refractivity contribution in [2.45, 2.75) is 64.9 Å². The maximum atomic E-state index is 13.7. The Hall–Kier alpha value is -3.54. The fourth-order valence-electron chi connectivity index (χ4n) is 5.08. The van der Waals surface area contributed by atoms with Crippen molar-refractivity contribution in [2.75, 3.05) is 13.7 Å². The van der Waals surface area contributed by atoms with Gasteiger partial charge in [0.15, 0.2) is 17.3 Å². The molecule has 0 radical (unpaired) electrons. The topological polar surface area (TPSA) is 73.9 Å². The zero-order valence-electron chi connectivity index (χ0n) is 21.7. The van der Waals surface area contributed by atoms with Crippen LogP contribution in [0.3, 0.4) is 0 Å². The molecule has 4 rings (SSSR count). The summed E-state index contributed by atoms with van der Waals surface area (Å²) in [7, 11) is 1.59. The van der Waals surface area contributed by atoms with Crippen LogP contribution in [0.25, 0.3) is 0 Å². The number of dihydropyridines is 1. The number of carbonyl (C=O) groups excluding carboxylic acids is 2. The van der Waals surface area contributed by atoms with Gasteiger partial charge in [-0.05, 0) is 62.8 Å². The zero-order chi connectivity index (χ0) is 25.8. The summed E-state index contributed by atoms with van der Waals surface area (Å²) in [5.41, 5.74) is 4.60. The predicted molar refractivity (Wildman–Crippen MR) is 139 cm³/mol. The molecule has 0 fully saturated rings. The van der Waals surface area contributed by atoms with Crippen molar-refractivity contribution in [3.05, 3.63) is 82.2 Å². The van der Waals surface area contributed by atoms with Gasteiger partial charge in [0.1, 0.15) is 0 Å². The van der Waals surface area contributed by atoms with Crippen LogP contribution in [-0.2, 0) is 14.3 Å². The average molecular weight is 490 g/mol. The normalized spacial score (nSPS) is 19.7. The summed E-state index contributed by atoms with van der Waals surface area (Å²) >= 11 is 0. The minimum absolute atomic E-state index is 0.0372. The fourth-order valence-corrected chi connectivity index (χ4v) is 5.08. The summed E-state index contributed by atoms with van der Waals surface area (Å²) in [6.07, 6.45) is 1.68. The number of methoxy groups -OCH3 is 1. The van der Waals surface area contributed by atoms with Gasteiger partial charge in [0, 0.05) is 29.3 Å². The number of nitrogens with one attached hydrogen (secondary N) is 1. The first kappa shape index (κ1) is 25.5. The van der Waals surface area contributed by atoms with Crippen molar-refractivity contribution < 1.29 is 23.8 Å². The minimum atomic E-state index is -0.550. The van der Waals surface area contributed by atoms with E-state index in [0.717, 1.165) is 23.2 Å². The molecule has 1 aliphatic heterocycles. The quantitative estimate of drug-likeness (QED) is 0.473. The standard InChI is InChI=1S/C30H35NO5/c1-6-14-35-25-13-12-21(17-26(25)34-5)28-27(30(33)36-18(2)3)19(4)31-23-15-22(16-24(32)29(23)28)20-10-8-7-9-11-20/h7-13,17-18,22,28,31H,6,14-16H2,1-5H3/t22-,28-/m0/s1. The molecule has 36 heavy (non-hydrogen) atoms. The van der Waals surface area contributed by atoms with Crippen molar-refractivity contribution >= 4 is 11.8 Å². The van der Waals surface area contributed by atoms with E-state index < -0.39 is 11.9 Å². The molecular formula is C30H35NO5. The first-order chi connectivity index (χ1) is 17.3. The van der Waals surface area contributed by atoms with Crippen molar-refractivity contribution in [3.8, 4) is 11.5 Å². The molecule has 1 N–H and O–H groups in total. The number of carbonyl (C=O) groups is 2. The molecular weight excluding hydrogens is 454 g/mol. The molecule has 6 nitrogen and oxygen atoms in total. The van der Waals surface area contributed by atoms with Gasteiger partial charge in [-0.25, -0.2) is 4.79 Å². The molecule has 2 aliphatic rings. The Morgan fingerprint density at radius 1 is 1.06 bits per heavy atom. The Bertz CT molecular complexity index is 1200. The third-order valence-corrected chi connectivity index (χ3v) is 6.64. The Balaban J connectivity index is 1.81. The lowest BCUT2D eigenvalue weighted by molar-refractivity contribution is -0.143. The number of benzene rings is 2. The SMILES string of the molecule is CCCOc1ccc([C@H]2C(C(=O)OC(C)C)=C(C)NC3=C2C(=O)C[C@@H](c2ccccc2)C3)cc1OC.